The van der Waals surface area contributed by atoms with Crippen molar-refractivity contribution in [2.24, 2.45) is 0 Å². The molecular formula is C15H22O5. The van der Waals surface area contributed by atoms with E-state index in [0.29, 0.717) is 32.7 Å². The van der Waals surface area contributed by atoms with E-state index in [4.69, 9.17) is 14.2 Å². The van der Waals surface area contributed by atoms with Gasteiger partial charge in [0.1, 0.15) is 12.4 Å². The molecule has 0 aliphatic carbocycles. The summed E-state index contributed by atoms with van der Waals surface area (Å²) in [5.41, 5.74) is 0. The zero-order valence-corrected chi connectivity index (χ0v) is 12.0. The summed E-state index contributed by atoms with van der Waals surface area (Å²) < 4.78 is 20.9. The maximum absolute atomic E-state index is 11.2. The van der Waals surface area contributed by atoms with Crippen LogP contribution in [0.4, 0.5) is 0 Å². The SMILES string of the molecule is COCCOC(CCC(=O)OC)COc1ccccc1. The van der Waals surface area contributed by atoms with Crippen LogP contribution in [0.2, 0.25) is 0 Å². The van der Waals surface area contributed by atoms with Gasteiger partial charge in [0, 0.05) is 13.5 Å². The van der Waals surface area contributed by atoms with Crippen molar-refractivity contribution in [3.05, 3.63) is 30.3 Å². The third-order valence-electron chi connectivity index (χ3n) is 2.72. The van der Waals surface area contributed by atoms with Crippen LogP contribution in [0.25, 0.3) is 0 Å². The fourth-order valence-electron chi connectivity index (χ4n) is 1.60. The molecule has 0 N–H and O–H groups in total. The van der Waals surface area contributed by atoms with E-state index in [9.17, 15) is 4.79 Å². The Balaban J connectivity index is 2.38. The predicted molar refractivity (Wildman–Crippen MR) is 74.8 cm³/mol. The highest BCUT2D eigenvalue weighted by molar-refractivity contribution is 5.69. The molecule has 5 nitrogen and oxygen atoms in total. The lowest BCUT2D eigenvalue weighted by Gasteiger charge is -2.18. The summed E-state index contributed by atoms with van der Waals surface area (Å²) in [6, 6.07) is 9.50. The molecule has 1 aromatic rings. The smallest absolute Gasteiger partial charge is 0.305 e. The molecule has 0 saturated carbocycles. The van der Waals surface area contributed by atoms with Gasteiger partial charge >= 0.3 is 5.97 Å². The Hall–Kier alpha value is -1.59. The third-order valence-corrected chi connectivity index (χ3v) is 2.72. The van der Waals surface area contributed by atoms with Gasteiger partial charge in [-0.1, -0.05) is 18.2 Å². The minimum atomic E-state index is -0.245. The van der Waals surface area contributed by atoms with Crippen molar-refractivity contribution in [1.29, 1.82) is 0 Å². The number of para-hydroxylation sites is 1. The number of methoxy groups -OCH3 is 2. The van der Waals surface area contributed by atoms with Gasteiger partial charge in [0.25, 0.3) is 0 Å². The predicted octanol–water partition coefficient (Wildman–Crippen LogP) is 2.05. The van der Waals surface area contributed by atoms with Crippen LogP contribution in [0.3, 0.4) is 0 Å². The van der Waals surface area contributed by atoms with Gasteiger partial charge in [0.15, 0.2) is 0 Å². The molecule has 0 aliphatic rings. The number of carbonyl (C=O) groups excluding carboxylic acids is 1. The average Bonchev–Trinajstić information content (AvgIpc) is 2.50. The Morgan fingerprint density at radius 3 is 2.55 bits per heavy atom. The Labute approximate surface area is 119 Å². The first-order valence-electron chi connectivity index (χ1n) is 6.61. The lowest BCUT2D eigenvalue weighted by molar-refractivity contribution is -0.141. The zero-order valence-electron chi connectivity index (χ0n) is 12.0. The monoisotopic (exact) mass is 282 g/mol. The van der Waals surface area contributed by atoms with Gasteiger partial charge in [0.05, 0.1) is 26.4 Å². The summed E-state index contributed by atoms with van der Waals surface area (Å²) in [6.45, 7) is 1.38. The van der Waals surface area contributed by atoms with Gasteiger partial charge in [-0.15, -0.1) is 0 Å². The summed E-state index contributed by atoms with van der Waals surface area (Å²) in [4.78, 5) is 11.2. The maximum atomic E-state index is 11.2. The maximum Gasteiger partial charge on any atom is 0.305 e. The average molecular weight is 282 g/mol. The van der Waals surface area contributed by atoms with Crippen molar-refractivity contribution in [2.45, 2.75) is 18.9 Å². The van der Waals surface area contributed by atoms with E-state index in [2.05, 4.69) is 4.74 Å². The first-order chi connectivity index (χ1) is 9.76. The standard InChI is InChI=1S/C15H22O5/c1-17-10-11-19-14(8-9-15(16)18-2)12-20-13-6-4-3-5-7-13/h3-7,14H,8-12H2,1-2H3. The summed E-state index contributed by atoms with van der Waals surface area (Å²) in [5.74, 6) is 0.538. The molecule has 0 amide bonds. The lowest BCUT2D eigenvalue weighted by Crippen LogP contribution is -2.24. The molecule has 0 spiro atoms. The zero-order chi connectivity index (χ0) is 14.6. The molecule has 0 aromatic heterocycles. The normalized spacial score (nSPS) is 11.9. The first-order valence-corrected chi connectivity index (χ1v) is 6.61. The Morgan fingerprint density at radius 2 is 1.90 bits per heavy atom. The second-order valence-electron chi connectivity index (χ2n) is 4.22. The number of hydrogen-bond acceptors (Lipinski definition) is 5. The van der Waals surface area contributed by atoms with Crippen LogP contribution >= 0.6 is 0 Å². The third kappa shape index (κ3) is 7.11. The van der Waals surface area contributed by atoms with Crippen molar-refractivity contribution < 1.29 is 23.7 Å². The van der Waals surface area contributed by atoms with Crippen LogP contribution in [-0.2, 0) is 19.0 Å². The van der Waals surface area contributed by atoms with E-state index in [1.807, 2.05) is 30.3 Å². The van der Waals surface area contributed by atoms with Crippen molar-refractivity contribution >= 4 is 5.97 Å². The van der Waals surface area contributed by atoms with E-state index in [1.54, 1.807) is 7.11 Å². The largest absolute Gasteiger partial charge is 0.491 e. The molecule has 0 heterocycles. The summed E-state index contributed by atoms with van der Waals surface area (Å²) >= 11 is 0. The van der Waals surface area contributed by atoms with E-state index < -0.39 is 0 Å². The Morgan fingerprint density at radius 1 is 1.15 bits per heavy atom. The highest BCUT2D eigenvalue weighted by Gasteiger charge is 2.13. The summed E-state index contributed by atoms with van der Waals surface area (Å²) in [7, 11) is 3.00. The molecular weight excluding hydrogens is 260 g/mol. The van der Waals surface area contributed by atoms with Gasteiger partial charge < -0.3 is 18.9 Å². The molecule has 1 atom stereocenters. The summed E-state index contributed by atoms with van der Waals surface area (Å²) in [6.07, 6.45) is 0.708. The molecule has 0 aliphatic heterocycles. The second kappa shape index (κ2) is 10.2. The highest BCUT2D eigenvalue weighted by atomic mass is 16.5. The van der Waals surface area contributed by atoms with Gasteiger partial charge in [-0.05, 0) is 18.6 Å². The molecule has 20 heavy (non-hydrogen) atoms. The number of hydrogen-bond donors (Lipinski definition) is 0. The van der Waals surface area contributed by atoms with Crippen LogP contribution in [0, 0.1) is 0 Å². The van der Waals surface area contributed by atoms with Crippen LogP contribution in [0.1, 0.15) is 12.8 Å². The van der Waals surface area contributed by atoms with Gasteiger partial charge in [-0.2, -0.15) is 0 Å². The fourth-order valence-corrected chi connectivity index (χ4v) is 1.60. The van der Waals surface area contributed by atoms with Crippen LogP contribution < -0.4 is 4.74 Å². The van der Waals surface area contributed by atoms with Crippen LogP contribution in [-0.4, -0.2) is 46.1 Å². The number of carbonyl (C=O) groups is 1. The van der Waals surface area contributed by atoms with Gasteiger partial charge in [0.2, 0.25) is 0 Å². The van der Waals surface area contributed by atoms with Gasteiger partial charge in [-0.25, -0.2) is 0 Å². The molecule has 5 heteroatoms. The fraction of sp³-hybridized carbons (Fsp3) is 0.533. The topological polar surface area (TPSA) is 54.0 Å². The molecule has 0 bridgehead atoms. The molecule has 1 aromatic carbocycles. The van der Waals surface area contributed by atoms with Crippen molar-refractivity contribution in [1.82, 2.24) is 0 Å². The number of ether oxygens (including phenoxy) is 4. The number of esters is 1. The minimum Gasteiger partial charge on any atom is -0.491 e. The molecule has 0 fully saturated rings. The first kappa shape index (κ1) is 16.5. The summed E-state index contributed by atoms with van der Waals surface area (Å²) in [5, 5.41) is 0. The van der Waals surface area contributed by atoms with Crippen LogP contribution in [0.5, 0.6) is 5.75 Å². The van der Waals surface area contributed by atoms with E-state index >= 15 is 0 Å². The second-order valence-corrected chi connectivity index (χ2v) is 4.22. The van der Waals surface area contributed by atoms with E-state index in [0.717, 1.165) is 5.75 Å². The Kier molecular flexibility index (Phi) is 8.42. The van der Waals surface area contributed by atoms with E-state index in [-0.39, 0.29) is 12.1 Å². The minimum absolute atomic E-state index is 0.163. The van der Waals surface area contributed by atoms with Crippen molar-refractivity contribution in [2.75, 3.05) is 34.0 Å². The molecule has 1 rings (SSSR count). The molecule has 0 saturated heterocycles. The van der Waals surface area contributed by atoms with Crippen molar-refractivity contribution in [3.63, 3.8) is 0 Å². The quantitative estimate of drug-likeness (QED) is 0.485. The highest BCUT2D eigenvalue weighted by Crippen LogP contribution is 2.11. The molecule has 1 unspecified atom stereocenters. The van der Waals surface area contributed by atoms with Gasteiger partial charge in [-0.3, -0.25) is 4.79 Å². The number of benzene rings is 1. The van der Waals surface area contributed by atoms with Crippen molar-refractivity contribution in [3.8, 4) is 5.75 Å². The molecule has 112 valence electrons. The lowest BCUT2D eigenvalue weighted by atomic mass is 10.2. The van der Waals surface area contributed by atoms with Crippen LogP contribution in [0.15, 0.2) is 30.3 Å². The van der Waals surface area contributed by atoms with E-state index in [1.165, 1.54) is 7.11 Å². The number of rotatable bonds is 10. The Bertz CT molecular complexity index is 366. The molecule has 0 radical (unpaired) electrons.